The molecule has 0 atom stereocenters. The second-order valence-corrected chi connectivity index (χ2v) is 11.8. The lowest BCUT2D eigenvalue weighted by atomic mass is 10.2. The fourth-order valence-electron chi connectivity index (χ4n) is 2.07. The summed E-state index contributed by atoms with van der Waals surface area (Å²) in [5.41, 5.74) is 1.88. The van der Waals surface area contributed by atoms with Crippen LogP contribution in [0.2, 0.25) is 19.1 Å². The van der Waals surface area contributed by atoms with Crippen LogP contribution in [-0.4, -0.2) is 16.7 Å². The number of aryl methyl sites for hydroxylation is 2. The van der Waals surface area contributed by atoms with Crippen LogP contribution in [0.1, 0.15) is 30.9 Å². The minimum absolute atomic E-state index is 0.280. The molecule has 0 saturated heterocycles. The van der Waals surface area contributed by atoms with Gasteiger partial charge in [0.25, 0.3) is 10.1 Å². The first kappa shape index (κ1) is 16.4. The quantitative estimate of drug-likeness (QED) is 0.745. The molecule has 108 valence electrons. The molecule has 0 aliphatic rings. The molecule has 0 radical (unpaired) electrons. The number of rotatable bonds is 6. The first-order valence-electron chi connectivity index (χ1n) is 6.70. The van der Waals surface area contributed by atoms with E-state index >= 15 is 0 Å². The lowest BCUT2D eigenvalue weighted by Gasteiger charge is -2.22. The van der Waals surface area contributed by atoms with Gasteiger partial charge in [0.2, 0.25) is 8.32 Å². The van der Waals surface area contributed by atoms with E-state index in [4.69, 9.17) is 3.87 Å². The van der Waals surface area contributed by atoms with Crippen LogP contribution in [0.5, 0.6) is 0 Å². The van der Waals surface area contributed by atoms with E-state index < -0.39 is 18.4 Å². The third-order valence-electron chi connectivity index (χ3n) is 2.95. The Hall–Kier alpha value is -0.653. The van der Waals surface area contributed by atoms with E-state index in [1.54, 1.807) is 12.1 Å². The van der Waals surface area contributed by atoms with E-state index in [9.17, 15) is 8.42 Å². The second kappa shape index (κ2) is 6.20. The van der Waals surface area contributed by atoms with Crippen LogP contribution in [0.3, 0.4) is 0 Å². The van der Waals surface area contributed by atoms with Gasteiger partial charge in [-0.05, 0) is 56.2 Å². The Bertz CT molecular complexity index is 515. The molecule has 19 heavy (non-hydrogen) atoms. The molecule has 0 N–H and O–H groups in total. The highest BCUT2D eigenvalue weighted by Crippen LogP contribution is 2.23. The van der Waals surface area contributed by atoms with Crippen LogP contribution in [0, 0.1) is 13.8 Å². The molecule has 0 fully saturated rings. The molecule has 0 aliphatic heterocycles. The molecule has 0 aliphatic carbocycles. The highest BCUT2D eigenvalue weighted by molar-refractivity contribution is 7.87. The van der Waals surface area contributed by atoms with Crippen molar-refractivity contribution in [1.82, 2.24) is 0 Å². The SMILES string of the molecule is CCCC[Si](C)(C)OS(=O)(=O)c1cc(C)cc(C)c1. The van der Waals surface area contributed by atoms with Crippen LogP contribution in [0.15, 0.2) is 23.1 Å². The molecule has 1 aromatic rings. The highest BCUT2D eigenvalue weighted by Gasteiger charge is 2.30. The van der Waals surface area contributed by atoms with E-state index in [2.05, 4.69) is 6.92 Å². The molecule has 0 spiro atoms. The Labute approximate surface area is 118 Å². The van der Waals surface area contributed by atoms with E-state index in [0.717, 1.165) is 30.0 Å². The van der Waals surface area contributed by atoms with Gasteiger partial charge in [-0.2, -0.15) is 8.42 Å². The molecule has 3 nitrogen and oxygen atoms in total. The van der Waals surface area contributed by atoms with Crippen molar-refractivity contribution < 1.29 is 12.3 Å². The monoisotopic (exact) mass is 300 g/mol. The fraction of sp³-hybridized carbons (Fsp3) is 0.571. The molecule has 1 rings (SSSR count). The third kappa shape index (κ3) is 5.08. The summed E-state index contributed by atoms with van der Waals surface area (Å²) in [6.07, 6.45) is 2.07. The zero-order valence-electron chi connectivity index (χ0n) is 12.5. The minimum atomic E-state index is -3.63. The predicted molar refractivity (Wildman–Crippen MR) is 81.4 cm³/mol. The van der Waals surface area contributed by atoms with Crippen molar-refractivity contribution in [2.24, 2.45) is 0 Å². The van der Waals surface area contributed by atoms with Gasteiger partial charge in [-0.15, -0.1) is 0 Å². The van der Waals surface area contributed by atoms with Crippen LogP contribution >= 0.6 is 0 Å². The largest absolute Gasteiger partial charge is 0.312 e. The summed E-state index contributed by atoms with van der Waals surface area (Å²) in [4.78, 5) is 0.280. The molecule has 0 bridgehead atoms. The third-order valence-corrected chi connectivity index (χ3v) is 8.00. The molecule has 5 heteroatoms. The summed E-state index contributed by atoms with van der Waals surface area (Å²) in [7, 11) is -5.80. The van der Waals surface area contributed by atoms with Gasteiger partial charge in [0, 0.05) is 0 Å². The topological polar surface area (TPSA) is 43.4 Å². The van der Waals surface area contributed by atoms with Crippen molar-refractivity contribution in [1.29, 1.82) is 0 Å². The van der Waals surface area contributed by atoms with Crippen molar-refractivity contribution in [3.05, 3.63) is 29.3 Å². The second-order valence-electron chi connectivity index (χ2n) is 5.72. The van der Waals surface area contributed by atoms with Crippen LogP contribution in [-0.2, 0) is 14.0 Å². The number of hydrogen-bond donors (Lipinski definition) is 0. The minimum Gasteiger partial charge on any atom is -0.312 e. The highest BCUT2D eigenvalue weighted by atomic mass is 32.2. The van der Waals surface area contributed by atoms with Gasteiger partial charge in [0.15, 0.2) is 0 Å². The molecule has 0 saturated carbocycles. The van der Waals surface area contributed by atoms with Crippen LogP contribution < -0.4 is 0 Å². The smallest absolute Gasteiger partial charge is 0.287 e. The summed E-state index contributed by atoms with van der Waals surface area (Å²) in [5.74, 6) is 0. The van der Waals surface area contributed by atoms with Crippen LogP contribution in [0.25, 0.3) is 0 Å². The Morgan fingerprint density at radius 1 is 1.11 bits per heavy atom. The standard InChI is InChI=1S/C14H24O3SSi/c1-6-7-8-19(4,5)17-18(15,16)14-10-12(2)9-13(3)11-14/h9-11H,6-8H2,1-5H3. The Kier molecular flexibility index (Phi) is 5.35. The van der Waals surface area contributed by atoms with Gasteiger partial charge >= 0.3 is 0 Å². The maximum atomic E-state index is 12.3. The average Bonchev–Trinajstić information content (AvgIpc) is 2.23. The van der Waals surface area contributed by atoms with Crippen molar-refractivity contribution in [2.45, 2.75) is 57.6 Å². The van der Waals surface area contributed by atoms with E-state index in [-0.39, 0.29) is 4.90 Å². The summed E-state index contributed by atoms with van der Waals surface area (Å²) in [6.45, 7) is 9.81. The summed E-state index contributed by atoms with van der Waals surface area (Å²) in [5, 5.41) is 0. The predicted octanol–water partition coefficient (Wildman–Crippen LogP) is 4.01. The van der Waals surface area contributed by atoms with Gasteiger partial charge in [0.05, 0.1) is 4.90 Å². The lowest BCUT2D eigenvalue weighted by Crippen LogP contribution is -2.33. The first-order chi connectivity index (χ1) is 8.66. The van der Waals surface area contributed by atoms with Gasteiger partial charge in [0.1, 0.15) is 0 Å². The molecule has 1 aromatic carbocycles. The Balaban J connectivity index is 2.98. The summed E-state index contributed by atoms with van der Waals surface area (Å²) in [6, 6.07) is 6.17. The van der Waals surface area contributed by atoms with E-state index in [0.29, 0.717) is 0 Å². The van der Waals surface area contributed by atoms with Gasteiger partial charge in [-0.1, -0.05) is 25.8 Å². The average molecular weight is 300 g/mol. The normalized spacial score (nSPS) is 12.7. The number of unbranched alkanes of at least 4 members (excludes halogenated alkanes) is 1. The van der Waals surface area contributed by atoms with Crippen molar-refractivity contribution in [3.8, 4) is 0 Å². The molecule has 0 aromatic heterocycles. The molecule has 0 heterocycles. The zero-order valence-corrected chi connectivity index (χ0v) is 14.3. The summed E-state index contributed by atoms with van der Waals surface area (Å²) < 4.78 is 30.2. The Morgan fingerprint density at radius 3 is 2.11 bits per heavy atom. The van der Waals surface area contributed by atoms with Crippen molar-refractivity contribution >= 4 is 18.4 Å². The maximum Gasteiger partial charge on any atom is 0.287 e. The van der Waals surface area contributed by atoms with Gasteiger partial charge < -0.3 is 3.87 Å². The van der Waals surface area contributed by atoms with Crippen LogP contribution in [0.4, 0.5) is 0 Å². The zero-order chi connectivity index (χ0) is 14.7. The van der Waals surface area contributed by atoms with E-state index in [1.807, 2.05) is 33.0 Å². The van der Waals surface area contributed by atoms with E-state index in [1.165, 1.54) is 0 Å². The molecule has 0 unspecified atom stereocenters. The fourth-order valence-corrected chi connectivity index (χ4v) is 7.03. The maximum absolute atomic E-state index is 12.3. The molecule has 0 amide bonds. The van der Waals surface area contributed by atoms with Gasteiger partial charge in [-0.3, -0.25) is 0 Å². The number of benzene rings is 1. The lowest BCUT2D eigenvalue weighted by molar-refractivity contribution is 0.479. The molecular formula is C14H24O3SSi. The Morgan fingerprint density at radius 2 is 1.63 bits per heavy atom. The van der Waals surface area contributed by atoms with Gasteiger partial charge in [-0.25, -0.2) is 0 Å². The van der Waals surface area contributed by atoms with Crippen molar-refractivity contribution in [2.75, 3.05) is 0 Å². The molecular weight excluding hydrogens is 276 g/mol. The van der Waals surface area contributed by atoms with Crippen molar-refractivity contribution in [3.63, 3.8) is 0 Å². The first-order valence-corrected chi connectivity index (χ1v) is 11.2. The number of hydrogen-bond acceptors (Lipinski definition) is 3. The summed E-state index contributed by atoms with van der Waals surface area (Å²) >= 11 is 0.